The highest BCUT2D eigenvalue weighted by molar-refractivity contribution is 9.10. The predicted octanol–water partition coefficient (Wildman–Crippen LogP) is 3.20. The van der Waals surface area contributed by atoms with Gasteiger partial charge in [0.15, 0.2) is 0 Å². The number of nitriles is 1. The van der Waals surface area contributed by atoms with E-state index >= 15 is 0 Å². The quantitative estimate of drug-likeness (QED) is 0.869. The second-order valence-corrected chi connectivity index (χ2v) is 4.90. The fourth-order valence-electron chi connectivity index (χ4n) is 1.75. The molecule has 2 aromatic rings. The van der Waals surface area contributed by atoms with Gasteiger partial charge in [0.05, 0.1) is 27.5 Å². The average Bonchev–Trinajstić information content (AvgIpc) is 2.72. The number of aromatic nitrogens is 2. The Morgan fingerprint density at radius 2 is 2.05 bits per heavy atom. The van der Waals surface area contributed by atoms with Gasteiger partial charge in [-0.1, -0.05) is 6.92 Å². The molecule has 0 spiro atoms. The highest BCUT2D eigenvalue weighted by Crippen LogP contribution is 2.23. The Hall–Kier alpha value is -1.80. The first kappa shape index (κ1) is 13.6. The van der Waals surface area contributed by atoms with E-state index < -0.39 is 0 Å². The largest absolute Gasteiger partial charge is 0.487 e. The number of rotatable bonds is 4. The van der Waals surface area contributed by atoms with Crippen molar-refractivity contribution in [3.05, 3.63) is 45.7 Å². The van der Waals surface area contributed by atoms with Crippen LogP contribution in [0.15, 0.2) is 28.7 Å². The molecular formula is C14H14BrN3O. The van der Waals surface area contributed by atoms with Crippen LogP contribution in [0.2, 0.25) is 0 Å². The molecule has 1 heterocycles. The van der Waals surface area contributed by atoms with Crippen molar-refractivity contribution in [2.24, 2.45) is 7.05 Å². The summed E-state index contributed by atoms with van der Waals surface area (Å²) in [6.07, 6.45) is 0.880. The highest BCUT2D eigenvalue weighted by atomic mass is 79.9. The Bertz CT molecular complexity index is 611. The van der Waals surface area contributed by atoms with Crippen LogP contribution in [0.5, 0.6) is 5.75 Å². The lowest BCUT2D eigenvalue weighted by molar-refractivity contribution is 0.294. The van der Waals surface area contributed by atoms with E-state index in [1.165, 1.54) is 0 Å². The lowest BCUT2D eigenvalue weighted by atomic mass is 10.2. The smallest absolute Gasteiger partial charge is 0.131 e. The van der Waals surface area contributed by atoms with Gasteiger partial charge < -0.3 is 4.74 Å². The van der Waals surface area contributed by atoms with Crippen molar-refractivity contribution in [3.63, 3.8) is 0 Å². The average molecular weight is 320 g/mol. The molecular weight excluding hydrogens is 306 g/mol. The summed E-state index contributed by atoms with van der Waals surface area (Å²) in [6.45, 7) is 2.51. The minimum atomic E-state index is 0.440. The zero-order valence-corrected chi connectivity index (χ0v) is 12.4. The van der Waals surface area contributed by atoms with Gasteiger partial charge in [0.2, 0.25) is 0 Å². The monoisotopic (exact) mass is 319 g/mol. The van der Waals surface area contributed by atoms with Gasteiger partial charge in [0.1, 0.15) is 12.4 Å². The van der Waals surface area contributed by atoms with Gasteiger partial charge >= 0.3 is 0 Å². The predicted molar refractivity (Wildman–Crippen MR) is 75.8 cm³/mol. The number of nitrogens with zero attached hydrogens (tertiary/aromatic N) is 3. The molecule has 19 heavy (non-hydrogen) atoms. The maximum Gasteiger partial charge on any atom is 0.131 e. The Morgan fingerprint density at radius 1 is 1.37 bits per heavy atom. The molecule has 0 radical (unpaired) electrons. The van der Waals surface area contributed by atoms with Crippen LogP contribution in [0, 0.1) is 11.3 Å². The van der Waals surface area contributed by atoms with Gasteiger partial charge in [0, 0.05) is 7.05 Å². The second kappa shape index (κ2) is 5.89. The number of hydrogen-bond donors (Lipinski definition) is 0. The molecule has 0 saturated carbocycles. The SMILES string of the molecule is CCc1nn(C)c(COc2ccc(C#N)cc2)c1Br. The summed E-state index contributed by atoms with van der Waals surface area (Å²) in [5.41, 5.74) is 2.66. The van der Waals surface area contributed by atoms with E-state index in [4.69, 9.17) is 10.00 Å². The van der Waals surface area contributed by atoms with Gasteiger partial charge in [-0.05, 0) is 46.6 Å². The molecule has 0 N–H and O–H groups in total. The van der Waals surface area contributed by atoms with Crippen molar-refractivity contribution in [1.82, 2.24) is 9.78 Å². The van der Waals surface area contributed by atoms with E-state index in [0.717, 1.165) is 28.0 Å². The topological polar surface area (TPSA) is 50.8 Å². The molecule has 4 nitrogen and oxygen atoms in total. The molecule has 0 atom stereocenters. The van der Waals surface area contributed by atoms with E-state index in [0.29, 0.717) is 12.2 Å². The van der Waals surface area contributed by atoms with Crippen LogP contribution in [-0.2, 0) is 20.1 Å². The first-order valence-corrected chi connectivity index (χ1v) is 6.78. The lowest BCUT2D eigenvalue weighted by Crippen LogP contribution is -2.03. The van der Waals surface area contributed by atoms with Gasteiger partial charge in [0.25, 0.3) is 0 Å². The van der Waals surface area contributed by atoms with Crippen LogP contribution < -0.4 is 4.74 Å². The van der Waals surface area contributed by atoms with Crippen molar-refractivity contribution < 1.29 is 4.74 Å². The standard InChI is InChI=1S/C14H14BrN3O/c1-3-12-14(15)13(18(2)17-12)9-19-11-6-4-10(8-16)5-7-11/h4-7H,3,9H2,1-2H3. The van der Waals surface area contributed by atoms with E-state index in [1.54, 1.807) is 24.3 Å². The summed E-state index contributed by atoms with van der Waals surface area (Å²) in [5, 5.41) is 13.1. The molecule has 0 unspecified atom stereocenters. The molecule has 0 aliphatic rings. The molecule has 0 amide bonds. The van der Waals surface area contributed by atoms with E-state index in [9.17, 15) is 0 Å². The second-order valence-electron chi connectivity index (χ2n) is 4.11. The van der Waals surface area contributed by atoms with E-state index in [-0.39, 0.29) is 0 Å². The molecule has 1 aromatic carbocycles. The van der Waals surface area contributed by atoms with Gasteiger partial charge in [-0.3, -0.25) is 4.68 Å². The molecule has 98 valence electrons. The first-order chi connectivity index (χ1) is 9.15. The third-order valence-electron chi connectivity index (χ3n) is 2.86. The number of hydrogen-bond acceptors (Lipinski definition) is 3. The minimum Gasteiger partial charge on any atom is -0.487 e. The molecule has 0 aliphatic carbocycles. The van der Waals surface area contributed by atoms with Crippen LogP contribution >= 0.6 is 15.9 Å². The Balaban J connectivity index is 2.10. The van der Waals surface area contributed by atoms with Crippen molar-refractivity contribution in [1.29, 1.82) is 5.26 Å². The van der Waals surface area contributed by atoms with Gasteiger partial charge in [-0.2, -0.15) is 10.4 Å². The molecule has 0 bridgehead atoms. The van der Waals surface area contributed by atoms with Crippen molar-refractivity contribution in [3.8, 4) is 11.8 Å². The van der Waals surface area contributed by atoms with E-state index in [1.807, 2.05) is 11.7 Å². The summed E-state index contributed by atoms with van der Waals surface area (Å²) in [4.78, 5) is 0. The normalized spacial score (nSPS) is 10.2. The Labute approximate surface area is 120 Å². The Kier molecular flexibility index (Phi) is 4.23. The summed E-state index contributed by atoms with van der Waals surface area (Å²) in [7, 11) is 1.90. The Morgan fingerprint density at radius 3 is 2.58 bits per heavy atom. The number of halogens is 1. The zero-order chi connectivity index (χ0) is 13.8. The van der Waals surface area contributed by atoms with Crippen LogP contribution in [0.3, 0.4) is 0 Å². The number of ether oxygens (including phenoxy) is 1. The molecule has 2 rings (SSSR count). The summed E-state index contributed by atoms with van der Waals surface area (Å²) < 4.78 is 8.54. The third kappa shape index (κ3) is 2.96. The third-order valence-corrected chi connectivity index (χ3v) is 3.78. The maximum atomic E-state index is 8.73. The van der Waals surface area contributed by atoms with Crippen molar-refractivity contribution in [2.75, 3.05) is 0 Å². The minimum absolute atomic E-state index is 0.440. The van der Waals surface area contributed by atoms with Crippen LogP contribution in [0.1, 0.15) is 23.9 Å². The molecule has 0 fully saturated rings. The van der Waals surface area contributed by atoms with Gasteiger partial charge in [-0.25, -0.2) is 0 Å². The fourth-order valence-corrected chi connectivity index (χ4v) is 2.48. The van der Waals surface area contributed by atoms with E-state index in [2.05, 4.69) is 34.0 Å². The number of benzene rings is 1. The fraction of sp³-hybridized carbons (Fsp3) is 0.286. The van der Waals surface area contributed by atoms with Crippen molar-refractivity contribution >= 4 is 15.9 Å². The highest BCUT2D eigenvalue weighted by Gasteiger charge is 2.12. The van der Waals surface area contributed by atoms with Crippen molar-refractivity contribution in [2.45, 2.75) is 20.0 Å². The summed E-state index contributed by atoms with van der Waals surface area (Å²) in [5.74, 6) is 0.741. The molecule has 0 aliphatic heterocycles. The van der Waals surface area contributed by atoms with Crippen LogP contribution in [0.25, 0.3) is 0 Å². The molecule has 5 heteroatoms. The van der Waals surface area contributed by atoms with Gasteiger partial charge in [-0.15, -0.1) is 0 Å². The number of aryl methyl sites for hydroxylation is 2. The summed E-state index contributed by atoms with van der Waals surface area (Å²) >= 11 is 3.55. The molecule has 1 aromatic heterocycles. The zero-order valence-electron chi connectivity index (χ0n) is 10.9. The molecule has 0 saturated heterocycles. The van der Waals surface area contributed by atoms with Crippen LogP contribution in [-0.4, -0.2) is 9.78 Å². The van der Waals surface area contributed by atoms with Crippen LogP contribution in [0.4, 0.5) is 0 Å². The summed E-state index contributed by atoms with van der Waals surface area (Å²) in [6, 6.07) is 9.15. The maximum absolute atomic E-state index is 8.73. The first-order valence-electron chi connectivity index (χ1n) is 5.99. The lowest BCUT2D eigenvalue weighted by Gasteiger charge is -2.07.